The molecule has 4 heteroatoms. The third kappa shape index (κ3) is 3.14. The Labute approximate surface area is 71.4 Å². The van der Waals surface area contributed by atoms with E-state index in [-0.39, 0.29) is 9.20 Å². The maximum atomic E-state index is 2.82. The second-order valence-electron chi connectivity index (χ2n) is 4.05. The third-order valence-corrected chi connectivity index (χ3v) is 13.2. The minimum Gasteiger partial charge on any atom is -0.351 e. The molecule has 10 heavy (non-hydrogen) atoms. The predicted octanol–water partition coefficient (Wildman–Crippen LogP) is -0.104. The predicted molar refractivity (Wildman–Crippen MR) is 58.8 cm³/mol. The van der Waals surface area contributed by atoms with Gasteiger partial charge in [-0.15, -0.1) is 0 Å². The minimum absolute atomic E-state index is 0.210. The summed E-state index contributed by atoms with van der Waals surface area (Å²) in [6.07, 6.45) is 0. The molecule has 0 radical (unpaired) electrons. The standard InChI is InChI=1S/C6H21NSi3/c1-6(2)7(9-8)10(3,4)5/h6H,9H2,1-5,8H3. The van der Waals surface area contributed by atoms with E-state index in [4.69, 9.17) is 0 Å². The second-order valence-corrected chi connectivity index (χ2v) is 12.8. The summed E-state index contributed by atoms with van der Waals surface area (Å²) in [6, 6.07) is 0.816. The Balaban J connectivity index is 4.07. The van der Waals surface area contributed by atoms with Crippen molar-refractivity contribution >= 4 is 27.2 Å². The van der Waals surface area contributed by atoms with Crippen molar-refractivity contribution < 1.29 is 0 Å². The lowest BCUT2D eigenvalue weighted by atomic mass is 10.4. The topological polar surface area (TPSA) is 3.24 Å². The molecule has 0 amide bonds. The summed E-state index contributed by atoms with van der Waals surface area (Å²) in [6.45, 7) is 12.0. The summed E-state index contributed by atoms with van der Waals surface area (Å²) in [5.41, 5.74) is 0. The molecule has 1 nitrogen and oxygen atoms in total. The van der Waals surface area contributed by atoms with E-state index in [0.29, 0.717) is 0 Å². The van der Waals surface area contributed by atoms with Crippen molar-refractivity contribution in [3.8, 4) is 0 Å². The monoisotopic (exact) mass is 191 g/mol. The number of nitrogens with zero attached hydrogens (tertiary/aromatic N) is 1. The SMILES string of the molecule is CC(C)N([SiH2][SiH3])[Si](C)(C)C. The average molecular weight is 191 g/mol. The van der Waals surface area contributed by atoms with Gasteiger partial charge in [0.05, 0.1) is 9.20 Å². The Morgan fingerprint density at radius 3 is 1.70 bits per heavy atom. The fourth-order valence-corrected chi connectivity index (χ4v) is 18.4. The Morgan fingerprint density at radius 1 is 1.30 bits per heavy atom. The fraction of sp³-hybridized carbons (Fsp3) is 1.00. The van der Waals surface area contributed by atoms with Crippen LogP contribution in [0, 0.1) is 0 Å². The highest BCUT2D eigenvalue weighted by molar-refractivity contribution is 6.95. The number of rotatable bonds is 3. The fourth-order valence-electron chi connectivity index (χ4n) is 1.61. The van der Waals surface area contributed by atoms with E-state index >= 15 is 0 Å². The molecule has 0 heterocycles. The molecular formula is C6H21NSi3. The van der Waals surface area contributed by atoms with E-state index in [1.807, 2.05) is 0 Å². The van der Waals surface area contributed by atoms with Gasteiger partial charge in [-0.3, -0.25) is 0 Å². The summed E-state index contributed by atoms with van der Waals surface area (Å²) in [5, 5.41) is 0. The molecule has 0 aliphatic rings. The van der Waals surface area contributed by atoms with Crippen LogP contribution in [-0.2, 0) is 0 Å². The van der Waals surface area contributed by atoms with Crippen LogP contribution in [0.3, 0.4) is 0 Å². The molecule has 0 aliphatic heterocycles. The molecule has 0 unspecified atom stereocenters. The maximum Gasteiger partial charge on any atom is 0.112 e. The number of hydrogen-bond donors (Lipinski definition) is 0. The van der Waals surface area contributed by atoms with Gasteiger partial charge >= 0.3 is 0 Å². The van der Waals surface area contributed by atoms with Gasteiger partial charge in [-0.2, -0.15) is 0 Å². The first-order chi connectivity index (χ1) is 4.39. The van der Waals surface area contributed by atoms with Crippen LogP contribution in [0.15, 0.2) is 0 Å². The lowest BCUT2D eigenvalue weighted by molar-refractivity contribution is 0.535. The molecule has 0 aromatic rings. The quantitative estimate of drug-likeness (QED) is 0.563. The molecule has 0 aromatic carbocycles. The average Bonchev–Trinajstić information content (AvgIpc) is 1.60. The van der Waals surface area contributed by atoms with Gasteiger partial charge in [-0.25, -0.2) is 0 Å². The molecule has 0 saturated carbocycles. The summed E-state index contributed by atoms with van der Waals surface area (Å²) in [4.78, 5) is 0. The molecule has 0 bridgehead atoms. The van der Waals surface area contributed by atoms with Gasteiger partial charge < -0.3 is 4.23 Å². The normalized spacial score (nSPS) is 14.7. The molecular weight excluding hydrogens is 170 g/mol. The van der Waals surface area contributed by atoms with Crippen molar-refractivity contribution in [3.05, 3.63) is 0 Å². The Hall–Kier alpha value is 0.611. The van der Waals surface area contributed by atoms with Gasteiger partial charge in [0.15, 0.2) is 0 Å². The minimum atomic E-state index is -0.920. The zero-order valence-corrected chi connectivity index (χ0v) is 12.6. The summed E-state index contributed by atoms with van der Waals surface area (Å²) in [5.74, 6) is 0. The van der Waals surface area contributed by atoms with E-state index in [9.17, 15) is 0 Å². The van der Waals surface area contributed by atoms with Crippen LogP contribution in [0.25, 0.3) is 0 Å². The largest absolute Gasteiger partial charge is 0.351 e. The second kappa shape index (κ2) is 3.85. The van der Waals surface area contributed by atoms with Gasteiger partial charge in [0.1, 0.15) is 8.24 Å². The summed E-state index contributed by atoms with van der Waals surface area (Å²) < 4.78 is 2.82. The zero-order chi connectivity index (χ0) is 8.36. The van der Waals surface area contributed by atoms with Crippen LogP contribution >= 0.6 is 0 Å². The zero-order valence-electron chi connectivity index (χ0n) is 8.23. The first kappa shape index (κ1) is 10.6. The highest BCUT2D eigenvalue weighted by Crippen LogP contribution is 2.10. The molecule has 0 aliphatic carbocycles. The first-order valence-corrected chi connectivity index (χ1v) is 13.9. The van der Waals surface area contributed by atoms with Crippen molar-refractivity contribution in [2.75, 3.05) is 0 Å². The van der Waals surface area contributed by atoms with Crippen LogP contribution in [0.2, 0.25) is 19.6 Å². The van der Waals surface area contributed by atoms with Gasteiger partial charge in [0, 0.05) is 9.76 Å². The molecule has 0 atom stereocenters. The van der Waals surface area contributed by atoms with E-state index < -0.39 is 8.24 Å². The van der Waals surface area contributed by atoms with Crippen molar-refractivity contribution in [1.29, 1.82) is 0 Å². The number of hydrogen-bond acceptors (Lipinski definition) is 1. The molecule has 0 saturated heterocycles. The van der Waals surface area contributed by atoms with E-state index in [2.05, 4.69) is 37.7 Å². The van der Waals surface area contributed by atoms with Gasteiger partial charge in [-0.05, 0) is 6.04 Å². The van der Waals surface area contributed by atoms with Crippen LogP contribution in [0.5, 0.6) is 0 Å². The molecule has 0 fully saturated rings. The Morgan fingerprint density at radius 2 is 1.70 bits per heavy atom. The maximum absolute atomic E-state index is 2.82. The van der Waals surface area contributed by atoms with Gasteiger partial charge in [0.2, 0.25) is 0 Å². The van der Waals surface area contributed by atoms with Gasteiger partial charge in [0.25, 0.3) is 0 Å². The molecule has 0 rings (SSSR count). The van der Waals surface area contributed by atoms with E-state index in [0.717, 1.165) is 6.04 Å². The van der Waals surface area contributed by atoms with E-state index in [1.165, 1.54) is 9.76 Å². The smallest absolute Gasteiger partial charge is 0.112 e. The molecule has 0 N–H and O–H groups in total. The van der Waals surface area contributed by atoms with Gasteiger partial charge in [-0.1, -0.05) is 33.5 Å². The molecule has 0 aromatic heterocycles. The summed E-state index contributed by atoms with van der Waals surface area (Å²) in [7, 11) is 0.741. The lowest BCUT2D eigenvalue weighted by Crippen LogP contribution is -2.52. The van der Waals surface area contributed by atoms with Crippen molar-refractivity contribution in [2.45, 2.75) is 39.5 Å². The highest BCUT2D eigenvalue weighted by atomic mass is 29.1. The first-order valence-electron chi connectivity index (χ1n) is 4.16. The van der Waals surface area contributed by atoms with E-state index in [1.54, 1.807) is 0 Å². The Kier molecular flexibility index (Phi) is 4.08. The lowest BCUT2D eigenvalue weighted by Gasteiger charge is -2.36. The molecule has 0 spiro atoms. The van der Waals surface area contributed by atoms with Crippen molar-refractivity contribution in [1.82, 2.24) is 4.23 Å². The molecule has 62 valence electrons. The Bertz CT molecular complexity index is 97.7. The van der Waals surface area contributed by atoms with Crippen LogP contribution < -0.4 is 0 Å². The van der Waals surface area contributed by atoms with Crippen LogP contribution in [0.4, 0.5) is 0 Å². The van der Waals surface area contributed by atoms with Crippen LogP contribution in [-0.4, -0.2) is 37.5 Å². The van der Waals surface area contributed by atoms with Crippen molar-refractivity contribution in [3.63, 3.8) is 0 Å². The van der Waals surface area contributed by atoms with Crippen LogP contribution in [0.1, 0.15) is 13.8 Å². The van der Waals surface area contributed by atoms with Crippen molar-refractivity contribution in [2.24, 2.45) is 0 Å². The third-order valence-electron chi connectivity index (χ3n) is 1.83. The summed E-state index contributed by atoms with van der Waals surface area (Å²) >= 11 is 0. The highest BCUT2D eigenvalue weighted by Gasteiger charge is 2.23.